The number of ether oxygens (including phenoxy) is 1. The smallest absolute Gasteiger partial charge is 0.305 e. The van der Waals surface area contributed by atoms with Crippen LogP contribution in [0.1, 0.15) is 25.5 Å². The molecule has 0 unspecified atom stereocenters. The third-order valence-electron chi connectivity index (χ3n) is 2.14. The van der Waals surface area contributed by atoms with Crippen molar-refractivity contribution >= 4 is 18.2 Å². The quantitative estimate of drug-likeness (QED) is 0.621. The van der Waals surface area contributed by atoms with Crippen molar-refractivity contribution in [2.75, 3.05) is 6.61 Å². The van der Waals surface area contributed by atoms with E-state index in [2.05, 4.69) is 4.98 Å². The van der Waals surface area contributed by atoms with E-state index < -0.39 is 0 Å². The lowest BCUT2D eigenvalue weighted by Crippen LogP contribution is -2.07. The zero-order chi connectivity index (χ0) is 11.3. The fourth-order valence-corrected chi connectivity index (χ4v) is 1.67. The summed E-state index contributed by atoms with van der Waals surface area (Å²) in [6.07, 6.45) is 3.07. The Morgan fingerprint density at radius 3 is 2.93 bits per heavy atom. The van der Waals surface area contributed by atoms with Gasteiger partial charge in [0.25, 0.3) is 0 Å². The van der Waals surface area contributed by atoms with Crippen LogP contribution >= 0.6 is 12.2 Å². The summed E-state index contributed by atoms with van der Waals surface area (Å²) in [5.41, 5.74) is 1.09. The Morgan fingerprint density at radius 2 is 2.40 bits per heavy atom. The van der Waals surface area contributed by atoms with Gasteiger partial charge in [-0.15, -0.1) is 0 Å². The van der Waals surface area contributed by atoms with Gasteiger partial charge in [0.2, 0.25) is 0 Å². The van der Waals surface area contributed by atoms with Crippen LogP contribution in [0.3, 0.4) is 0 Å². The van der Waals surface area contributed by atoms with Gasteiger partial charge in [0.15, 0.2) is 4.77 Å². The molecule has 0 aliphatic rings. The minimum Gasteiger partial charge on any atom is -0.466 e. The number of rotatable bonds is 5. The van der Waals surface area contributed by atoms with Gasteiger partial charge < -0.3 is 14.3 Å². The molecule has 1 aromatic heterocycles. The van der Waals surface area contributed by atoms with Gasteiger partial charge >= 0.3 is 5.97 Å². The lowest BCUT2D eigenvalue weighted by atomic mass is 10.3. The highest BCUT2D eigenvalue weighted by Gasteiger charge is 2.03. The molecule has 0 saturated carbocycles. The molecule has 1 rings (SSSR count). The van der Waals surface area contributed by atoms with E-state index >= 15 is 0 Å². The molecule has 1 N–H and O–H groups in total. The highest BCUT2D eigenvalue weighted by Crippen LogP contribution is 2.03. The van der Waals surface area contributed by atoms with Crippen LogP contribution in [0.5, 0.6) is 0 Å². The number of H-pyrrole nitrogens is 1. The maximum Gasteiger partial charge on any atom is 0.305 e. The van der Waals surface area contributed by atoms with Crippen molar-refractivity contribution in [3.05, 3.63) is 16.7 Å². The first-order valence-corrected chi connectivity index (χ1v) is 5.46. The standard InChI is InChI=1S/C10H16N2O2S/c1-3-14-9(13)5-4-6-12-8(2)7-11-10(12)15/h7H,3-6H2,1-2H3,(H,11,15). The number of aryl methyl sites for hydroxylation is 1. The van der Waals surface area contributed by atoms with Crippen LogP contribution in [0, 0.1) is 11.7 Å². The zero-order valence-electron chi connectivity index (χ0n) is 9.08. The van der Waals surface area contributed by atoms with E-state index in [0.717, 1.165) is 18.7 Å². The summed E-state index contributed by atoms with van der Waals surface area (Å²) in [7, 11) is 0. The molecule has 0 atom stereocenters. The van der Waals surface area contributed by atoms with Crippen molar-refractivity contribution in [1.82, 2.24) is 9.55 Å². The molecule has 15 heavy (non-hydrogen) atoms. The predicted molar refractivity (Wildman–Crippen MR) is 60.2 cm³/mol. The molecular formula is C10H16N2O2S. The Bertz CT molecular complexity index is 381. The third-order valence-corrected chi connectivity index (χ3v) is 2.48. The summed E-state index contributed by atoms with van der Waals surface area (Å²) in [4.78, 5) is 14.0. The molecule has 1 heterocycles. The van der Waals surface area contributed by atoms with Gasteiger partial charge in [0, 0.05) is 24.9 Å². The molecule has 0 bridgehead atoms. The lowest BCUT2D eigenvalue weighted by molar-refractivity contribution is -0.143. The van der Waals surface area contributed by atoms with Crippen LogP contribution in [0.4, 0.5) is 0 Å². The van der Waals surface area contributed by atoms with Gasteiger partial charge in [0.05, 0.1) is 6.61 Å². The number of hydrogen-bond acceptors (Lipinski definition) is 3. The van der Waals surface area contributed by atoms with Crippen LogP contribution in [0.25, 0.3) is 0 Å². The van der Waals surface area contributed by atoms with E-state index in [0.29, 0.717) is 17.8 Å². The van der Waals surface area contributed by atoms with Crippen molar-refractivity contribution in [2.45, 2.75) is 33.2 Å². The van der Waals surface area contributed by atoms with Crippen LogP contribution in [-0.4, -0.2) is 22.1 Å². The van der Waals surface area contributed by atoms with Gasteiger partial charge in [-0.2, -0.15) is 0 Å². The summed E-state index contributed by atoms with van der Waals surface area (Å²) in [5.74, 6) is -0.141. The number of imidazole rings is 1. The molecule has 0 aliphatic heterocycles. The molecule has 84 valence electrons. The van der Waals surface area contributed by atoms with Crippen LogP contribution in [-0.2, 0) is 16.1 Å². The number of hydrogen-bond donors (Lipinski definition) is 1. The fraction of sp³-hybridized carbons (Fsp3) is 0.600. The summed E-state index contributed by atoms with van der Waals surface area (Å²) < 4.78 is 7.53. The lowest BCUT2D eigenvalue weighted by Gasteiger charge is -2.04. The SMILES string of the molecule is CCOC(=O)CCCn1c(C)c[nH]c1=S. The average Bonchev–Trinajstić information content (AvgIpc) is 2.49. The number of aromatic amines is 1. The zero-order valence-corrected chi connectivity index (χ0v) is 9.89. The highest BCUT2D eigenvalue weighted by atomic mass is 32.1. The monoisotopic (exact) mass is 228 g/mol. The topological polar surface area (TPSA) is 47.0 Å². The molecule has 0 fully saturated rings. The molecule has 0 aromatic carbocycles. The Balaban J connectivity index is 2.38. The number of carbonyl (C=O) groups excluding carboxylic acids is 1. The average molecular weight is 228 g/mol. The second-order valence-corrected chi connectivity index (χ2v) is 3.68. The molecule has 0 radical (unpaired) electrons. The molecule has 0 spiro atoms. The maximum absolute atomic E-state index is 11.1. The molecule has 0 aliphatic carbocycles. The van der Waals surface area contributed by atoms with Crippen molar-refractivity contribution < 1.29 is 9.53 Å². The van der Waals surface area contributed by atoms with Gasteiger partial charge in [-0.3, -0.25) is 4.79 Å². The normalized spacial score (nSPS) is 10.3. The fourth-order valence-electron chi connectivity index (χ4n) is 1.37. The molecular weight excluding hydrogens is 212 g/mol. The number of nitrogens with one attached hydrogen (secondary N) is 1. The molecule has 0 amide bonds. The van der Waals surface area contributed by atoms with Crippen molar-refractivity contribution in [3.63, 3.8) is 0 Å². The van der Waals surface area contributed by atoms with Gasteiger partial charge in [0.1, 0.15) is 0 Å². The summed E-state index contributed by atoms with van der Waals surface area (Å²) in [6.45, 7) is 5.00. The Morgan fingerprint density at radius 1 is 1.67 bits per heavy atom. The van der Waals surface area contributed by atoms with E-state index in [1.54, 1.807) is 0 Å². The Kier molecular flexibility index (Phi) is 4.55. The van der Waals surface area contributed by atoms with E-state index in [1.165, 1.54) is 0 Å². The molecule has 1 aromatic rings. The first kappa shape index (κ1) is 12.0. The maximum atomic E-state index is 11.1. The Hall–Kier alpha value is -1.10. The van der Waals surface area contributed by atoms with Crippen molar-refractivity contribution in [1.29, 1.82) is 0 Å². The van der Waals surface area contributed by atoms with E-state index in [-0.39, 0.29) is 5.97 Å². The second kappa shape index (κ2) is 5.70. The van der Waals surface area contributed by atoms with Crippen LogP contribution in [0.15, 0.2) is 6.20 Å². The number of aromatic nitrogens is 2. The van der Waals surface area contributed by atoms with Gasteiger partial charge in [-0.05, 0) is 32.5 Å². The van der Waals surface area contributed by atoms with Gasteiger partial charge in [-0.1, -0.05) is 0 Å². The third kappa shape index (κ3) is 3.51. The van der Waals surface area contributed by atoms with Crippen molar-refractivity contribution in [3.8, 4) is 0 Å². The van der Waals surface area contributed by atoms with Crippen LogP contribution in [0.2, 0.25) is 0 Å². The summed E-state index contributed by atoms with van der Waals surface area (Å²) in [5, 5.41) is 0. The molecule has 5 heteroatoms. The second-order valence-electron chi connectivity index (χ2n) is 3.30. The minimum atomic E-state index is -0.141. The van der Waals surface area contributed by atoms with E-state index in [4.69, 9.17) is 17.0 Å². The van der Waals surface area contributed by atoms with E-state index in [1.807, 2.05) is 24.6 Å². The number of nitrogens with zero attached hydrogens (tertiary/aromatic N) is 1. The summed E-state index contributed by atoms with van der Waals surface area (Å²) >= 11 is 5.09. The number of carbonyl (C=O) groups is 1. The first-order chi connectivity index (χ1) is 7.15. The highest BCUT2D eigenvalue weighted by molar-refractivity contribution is 7.71. The van der Waals surface area contributed by atoms with Gasteiger partial charge in [-0.25, -0.2) is 0 Å². The van der Waals surface area contributed by atoms with Crippen molar-refractivity contribution in [2.24, 2.45) is 0 Å². The largest absolute Gasteiger partial charge is 0.466 e. The predicted octanol–water partition coefficient (Wildman–Crippen LogP) is 2.20. The van der Waals surface area contributed by atoms with Crippen LogP contribution < -0.4 is 0 Å². The Labute approximate surface area is 94.3 Å². The molecule has 0 saturated heterocycles. The van der Waals surface area contributed by atoms with E-state index in [9.17, 15) is 4.79 Å². The first-order valence-electron chi connectivity index (χ1n) is 5.05. The number of esters is 1. The minimum absolute atomic E-state index is 0.141. The summed E-state index contributed by atoms with van der Waals surface area (Å²) in [6, 6.07) is 0. The molecule has 4 nitrogen and oxygen atoms in total.